The maximum atomic E-state index is 14.8. The van der Waals surface area contributed by atoms with E-state index in [1.807, 2.05) is 0 Å². The zero-order chi connectivity index (χ0) is 38.0. The minimum absolute atomic E-state index is 0.0482. The number of aromatic nitrogens is 1. The summed E-state index contributed by atoms with van der Waals surface area (Å²) in [6.45, 7) is 5.10. The topological polar surface area (TPSA) is 160 Å². The minimum atomic E-state index is -4.54. The summed E-state index contributed by atoms with van der Waals surface area (Å²) in [5.74, 6) is -3.13. The number of hydrogen-bond acceptors (Lipinski definition) is 9. The van der Waals surface area contributed by atoms with Crippen LogP contribution in [0.2, 0.25) is 0 Å². The third kappa shape index (κ3) is 11.5. The van der Waals surface area contributed by atoms with Crippen LogP contribution in [0.1, 0.15) is 62.0 Å². The molecule has 2 aromatic rings. The van der Waals surface area contributed by atoms with Crippen molar-refractivity contribution >= 4 is 29.6 Å². The van der Waals surface area contributed by atoms with Crippen molar-refractivity contribution in [3.05, 3.63) is 83.6 Å². The van der Waals surface area contributed by atoms with E-state index in [0.717, 1.165) is 30.5 Å². The van der Waals surface area contributed by atoms with Gasteiger partial charge in [-0.3, -0.25) is 14.9 Å². The smallest absolute Gasteiger partial charge is 0.416 e. The molecular formula is C36H42F4N4O8. The van der Waals surface area contributed by atoms with Gasteiger partial charge in [0.2, 0.25) is 5.91 Å². The van der Waals surface area contributed by atoms with E-state index < -0.39 is 71.9 Å². The lowest BCUT2D eigenvalue weighted by molar-refractivity contribution is -0.159. The molecule has 1 saturated heterocycles. The second-order valence-electron chi connectivity index (χ2n) is 12.8. The number of carbonyl (C=O) groups is 4. The summed E-state index contributed by atoms with van der Waals surface area (Å²) in [5.41, 5.74) is -0.309. The van der Waals surface area contributed by atoms with Crippen molar-refractivity contribution in [3.8, 4) is 0 Å². The van der Waals surface area contributed by atoms with Crippen LogP contribution >= 0.6 is 0 Å². The summed E-state index contributed by atoms with van der Waals surface area (Å²) in [6.07, 6.45) is -0.240. The fourth-order valence-corrected chi connectivity index (χ4v) is 5.83. The highest BCUT2D eigenvalue weighted by molar-refractivity contribution is 5.95. The number of fused-ring (bicyclic) bond motifs is 3. The Kier molecular flexibility index (Phi) is 13.8. The Morgan fingerprint density at radius 3 is 2.63 bits per heavy atom. The molecule has 2 aliphatic rings. The molecule has 6 unspecified atom stereocenters. The van der Waals surface area contributed by atoms with Crippen LogP contribution in [0.4, 0.5) is 28.0 Å². The lowest BCUT2D eigenvalue weighted by Gasteiger charge is -2.30. The first-order valence-corrected chi connectivity index (χ1v) is 16.8. The number of oxazole rings is 1. The summed E-state index contributed by atoms with van der Waals surface area (Å²) < 4.78 is 70.1. The van der Waals surface area contributed by atoms with E-state index in [0.29, 0.717) is 12.0 Å². The Balaban J connectivity index is 1.52. The number of anilines is 1. The monoisotopic (exact) mass is 734 g/mol. The SMILES string of the molecule is CC1=C\C(O)CC(F)Cc2nc(co2)C(=O)N2CCCC2C(=O)OC(C(C)COC(=O)Nc2ccc(C(F)(F)F)cc2)C(C)/C=C/C(=O)NC\C=C\1. The van der Waals surface area contributed by atoms with Gasteiger partial charge in [-0.25, -0.2) is 19.0 Å². The van der Waals surface area contributed by atoms with E-state index in [1.54, 1.807) is 32.9 Å². The number of benzene rings is 1. The quantitative estimate of drug-likeness (QED) is 0.270. The van der Waals surface area contributed by atoms with Crippen molar-refractivity contribution in [3.63, 3.8) is 0 Å². The Morgan fingerprint density at radius 1 is 1.19 bits per heavy atom. The molecule has 0 saturated carbocycles. The zero-order valence-electron chi connectivity index (χ0n) is 28.9. The Morgan fingerprint density at radius 2 is 1.92 bits per heavy atom. The number of esters is 1. The lowest BCUT2D eigenvalue weighted by Crippen LogP contribution is -2.44. The van der Waals surface area contributed by atoms with Crippen molar-refractivity contribution in [2.45, 2.75) is 77.1 Å². The third-order valence-electron chi connectivity index (χ3n) is 8.50. The summed E-state index contributed by atoms with van der Waals surface area (Å²) in [4.78, 5) is 57.6. The second-order valence-corrected chi connectivity index (χ2v) is 12.8. The molecular weight excluding hydrogens is 692 g/mol. The molecule has 3 amide bonds. The number of nitrogens with one attached hydrogen (secondary N) is 2. The molecule has 0 spiro atoms. The summed E-state index contributed by atoms with van der Waals surface area (Å²) in [5, 5.41) is 15.4. The maximum absolute atomic E-state index is 14.8. The largest absolute Gasteiger partial charge is 0.460 e. The molecule has 0 radical (unpaired) electrons. The molecule has 16 heteroatoms. The van der Waals surface area contributed by atoms with Gasteiger partial charge >= 0.3 is 18.2 Å². The predicted octanol–water partition coefficient (Wildman–Crippen LogP) is 5.55. The first-order valence-electron chi connectivity index (χ1n) is 16.8. The maximum Gasteiger partial charge on any atom is 0.416 e. The van der Waals surface area contributed by atoms with Gasteiger partial charge in [0.05, 0.1) is 24.7 Å². The van der Waals surface area contributed by atoms with E-state index >= 15 is 0 Å². The third-order valence-corrected chi connectivity index (χ3v) is 8.50. The van der Waals surface area contributed by atoms with Gasteiger partial charge < -0.3 is 29.2 Å². The molecule has 3 N–H and O–H groups in total. The molecule has 1 aromatic carbocycles. The zero-order valence-corrected chi connectivity index (χ0v) is 28.9. The number of nitrogens with zero attached hydrogens (tertiary/aromatic N) is 2. The van der Waals surface area contributed by atoms with Gasteiger partial charge in [0.1, 0.15) is 24.6 Å². The minimum Gasteiger partial charge on any atom is -0.460 e. The molecule has 2 aliphatic heterocycles. The standard InChI is InChI=1S/C36H42F4N4O8/c1-21-6-4-14-41-30(46)13-8-22(2)32(23(3)19-51-35(49)42-26-11-9-24(10-12-26)36(38,39)40)52-34(48)29-7-5-15-44(29)33(47)28-20-50-31(43-28)18-25(37)17-27(45)16-21/h4,6,8-13,16,20,22-23,25,27,29,32,45H,5,7,14-15,17-19H2,1-3H3,(H,41,46)(H,42,49)/b6-4+,13-8+,21-16+. The van der Waals surface area contributed by atoms with Gasteiger partial charge in [-0.05, 0) is 50.1 Å². The summed E-state index contributed by atoms with van der Waals surface area (Å²) >= 11 is 0. The Bertz CT molecular complexity index is 1660. The van der Waals surface area contributed by atoms with Crippen LogP contribution < -0.4 is 10.6 Å². The number of ether oxygens (including phenoxy) is 2. The molecule has 12 nitrogen and oxygen atoms in total. The molecule has 1 fully saturated rings. The first-order chi connectivity index (χ1) is 24.6. The fraction of sp³-hybridized carbons (Fsp3) is 0.472. The molecule has 52 heavy (non-hydrogen) atoms. The fourth-order valence-electron chi connectivity index (χ4n) is 5.83. The number of aliphatic hydroxyl groups is 1. The van der Waals surface area contributed by atoms with Crippen LogP contribution in [0, 0.1) is 11.8 Å². The number of hydrogen-bond donors (Lipinski definition) is 3. The van der Waals surface area contributed by atoms with Crippen molar-refractivity contribution in [2.24, 2.45) is 11.8 Å². The molecule has 0 aliphatic carbocycles. The van der Waals surface area contributed by atoms with Crippen molar-refractivity contribution in [2.75, 3.05) is 25.0 Å². The molecule has 3 heterocycles. The number of carbonyl (C=O) groups excluding carboxylic acids is 4. The van der Waals surface area contributed by atoms with E-state index in [1.165, 1.54) is 23.1 Å². The van der Waals surface area contributed by atoms with Crippen molar-refractivity contribution in [1.29, 1.82) is 0 Å². The lowest BCUT2D eigenvalue weighted by atomic mass is 9.93. The van der Waals surface area contributed by atoms with E-state index in [4.69, 9.17) is 13.9 Å². The van der Waals surface area contributed by atoms with Crippen LogP contribution in [0.15, 0.2) is 70.9 Å². The van der Waals surface area contributed by atoms with Gasteiger partial charge in [0.25, 0.3) is 5.91 Å². The van der Waals surface area contributed by atoms with Crippen LogP contribution in [0.25, 0.3) is 0 Å². The summed E-state index contributed by atoms with van der Waals surface area (Å²) in [6, 6.07) is 2.79. The van der Waals surface area contributed by atoms with Gasteiger partial charge in [-0.15, -0.1) is 0 Å². The van der Waals surface area contributed by atoms with Crippen molar-refractivity contribution in [1.82, 2.24) is 15.2 Å². The Hall–Kier alpha value is -4.99. The molecule has 282 valence electrons. The number of rotatable bonds is 4. The number of cyclic esters (lactones) is 1. The van der Waals surface area contributed by atoms with Crippen LogP contribution in [0.5, 0.6) is 0 Å². The van der Waals surface area contributed by atoms with Gasteiger partial charge in [0, 0.05) is 37.0 Å². The van der Waals surface area contributed by atoms with Crippen LogP contribution in [-0.4, -0.2) is 83.0 Å². The van der Waals surface area contributed by atoms with Crippen molar-refractivity contribution < 1.29 is 55.7 Å². The predicted molar refractivity (Wildman–Crippen MR) is 179 cm³/mol. The average Bonchev–Trinajstić information content (AvgIpc) is 3.76. The molecule has 1 aromatic heterocycles. The molecule has 4 rings (SSSR count). The van der Waals surface area contributed by atoms with Crippen LogP contribution in [0.3, 0.4) is 0 Å². The van der Waals surface area contributed by atoms with E-state index in [2.05, 4.69) is 15.6 Å². The normalized spacial score (nSPS) is 26.9. The Labute approximate surface area is 297 Å². The van der Waals surface area contributed by atoms with Gasteiger partial charge in [0.15, 0.2) is 11.6 Å². The second kappa shape index (κ2) is 18.0. The molecule has 6 atom stereocenters. The van der Waals surface area contributed by atoms with Gasteiger partial charge in [-0.1, -0.05) is 43.7 Å². The van der Waals surface area contributed by atoms with Crippen LogP contribution in [-0.2, 0) is 31.7 Å². The first kappa shape index (κ1) is 39.8. The highest BCUT2D eigenvalue weighted by atomic mass is 19.4. The average molecular weight is 735 g/mol. The summed E-state index contributed by atoms with van der Waals surface area (Å²) in [7, 11) is 0. The van der Waals surface area contributed by atoms with E-state index in [-0.39, 0.29) is 56.2 Å². The number of amides is 3. The van der Waals surface area contributed by atoms with E-state index in [9.17, 15) is 41.8 Å². The number of halogens is 4. The number of allylic oxidation sites excluding steroid dienone is 2. The number of alkyl halides is 4. The van der Waals surface area contributed by atoms with Gasteiger partial charge in [-0.2, -0.15) is 13.2 Å². The highest BCUT2D eigenvalue weighted by Crippen LogP contribution is 2.30. The highest BCUT2D eigenvalue weighted by Gasteiger charge is 2.39. The molecule has 2 bridgehead atoms. The number of aliphatic hydroxyl groups excluding tert-OH is 1.